The van der Waals surface area contributed by atoms with E-state index in [1.807, 2.05) is 11.8 Å². The number of halogens is 2. The molecule has 0 aromatic heterocycles. The second-order valence-corrected chi connectivity index (χ2v) is 5.64. The van der Waals surface area contributed by atoms with E-state index >= 15 is 0 Å². The molecule has 1 saturated heterocycles. The van der Waals surface area contributed by atoms with Gasteiger partial charge in [-0.15, -0.1) is 0 Å². The lowest BCUT2D eigenvalue weighted by molar-refractivity contribution is -0.147. The Morgan fingerprint density at radius 1 is 1.65 bits per heavy atom. The number of carboxylic acids is 1. The van der Waals surface area contributed by atoms with Gasteiger partial charge in [0.15, 0.2) is 0 Å². The molecule has 20 heavy (non-hydrogen) atoms. The number of nitrogens with zero attached hydrogens (tertiary/aromatic N) is 1. The molecule has 0 bridgehead atoms. The maximum Gasteiger partial charge on any atom is 0.320 e. The van der Waals surface area contributed by atoms with Gasteiger partial charge in [-0.1, -0.05) is 13.0 Å². The number of hydrogen-bond acceptors (Lipinski definition) is 3. The first kappa shape index (κ1) is 15.4. The molecular weight excluding hydrogens is 329 g/mol. The van der Waals surface area contributed by atoms with Gasteiger partial charge in [0.2, 0.25) is 0 Å². The Labute approximate surface area is 125 Å². The van der Waals surface area contributed by atoms with Gasteiger partial charge in [0.25, 0.3) is 0 Å². The summed E-state index contributed by atoms with van der Waals surface area (Å²) in [5, 5.41) is 9.22. The zero-order valence-electron chi connectivity index (χ0n) is 11.2. The molecule has 1 aliphatic heterocycles. The van der Waals surface area contributed by atoms with Crippen molar-refractivity contribution in [2.75, 3.05) is 19.7 Å². The van der Waals surface area contributed by atoms with Crippen LogP contribution in [0.1, 0.15) is 25.0 Å². The number of rotatable bonds is 4. The molecule has 2 rings (SSSR count). The van der Waals surface area contributed by atoms with Crippen molar-refractivity contribution >= 4 is 21.9 Å². The third-order valence-electron chi connectivity index (χ3n) is 3.53. The summed E-state index contributed by atoms with van der Waals surface area (Å²) in [6.45, 7) is 3.44. The van der Waals surface area contributed by atoms with Gasteiger partial charge in [-0.3, -0.25) is 9.69 Å². The van der Waals surface area contributed by atoms with Crippen LogP contribution in [0.25, 0.3) is 0 Å². The van der Waals surface area contributed by atoms with Crippen LogP contribution in [0.3, 0.4) is 0 Å². The topological polar surface area (TPSA) is 49.8 Å². The third-order valence-corrected chi connectivity index (χ3v) is 4.13. The molecule has 6 heteroatoms. The fourth-order valence-corrected chi connectivity index (χ4v) is 2.85. The van der Waals surface area contributed by atoms with Crippen LogP contribution in [0.15, 0.2) is 22.7 Å². The molecule has 1 heterocycles. The van der Waals surface area contributed by atoms with Gasteiger partial charge in [-0.25, -0.2) is 4.39 Å². The number of ether oxygens (including phenoxy) is 1. The first-order chi connectivity index (χ1) is 9.52. The van der Waals surface area contributed by atoms with Crippen molar-refractivity contribution in [1.29, 1.82) is 0 Å². The monoisotopic (exact) mass is 345 g/mol. The van der Waals surface area contributed by atoms with E-state index in [4.69, 9.17) is 4.74 Å². The van der Waals surface area contributed by atoms with Crippen molar-refractivity contribution in [3.8, 4) is 0 Å². The summed E-state index contributed by atoms with van der Waals surface area (Å²) in [7, 11) is 0. The molecule has 0 saturated carbocycles. The highest BCUT2D eigenvalue weighted by Gasteiger charge is 2.30. The summed E-state index contributed by atoms with van der Waals surface area (Å²) < 4.78 is 19.3. The number of carboxylic acid groups (broad SMARTS) is 1. The average Bonchev–Trinajstić information content (AvgIpc) is 2.42. The third kappa shape index (κ3) is 3.37. The highest BCUT2D eigenvalue weighted by atomic mass is 79.9. The quantitative estimate of drug-likeness (QED) is 0.911. The Morgan fingerprint density at radius 3 is 3.00 bits per heavy atom. The Morgan fingerprint density at radius 2 is 2.40 bits per heavy atom. The predicted octanol–water partition coefficient (Wildman–Crippen LogP) is 2.82. The lowest BCUT2D eigenvalue weighted by Gasteiger charge is -2.36. The van der Waals surface area contributed by atoms with Crippen molar-refractivity contribution < 1.29 is 19.0 Å². The number of morpholine rings is 1. The minimum Gasteiger partial charge on any atom is -0.480 e. The number of hydrogen-bond donors (Lipinski definition) is 1. The van der Waals surface area contributed by atoms with Crippen LogP contribution in [0.2, 0.25) is 0 Å². The lowest BCUT2D eigenvalue weighted by atomic mass is 10.1. The van der Waals surface area contributed by atoms with E-state index in [1.165, 1.54) is 6.07 Å². The maximum absolute atomic E-state index is 13.3. The fraction of sp³-hybridized carbons (Fsp3) is 0.500. The van der Waals surface area contributed by atoms with Crippen LogP contribution in [-0.2, 0) is 9.53 Å². The van der Waals surface area contributed by atoms with Crippen molar-refractivity contribution in [2.45, 2.75) is 25.5 Å². The SMILES string of the molecule is CCC(C(=O)O)N1CCOC(c2ccc(F)c(Br)c2)C1. The smallest absolute Gasteiger partial charge is 0.320 e. The number of aliphatic carboxylic acids is 1. The van der Waals surface area contributed by atoms with E-state index in [0.29, 0.717) is 30.6 Å². The molecule has 1 N–H and O–H groups in total. The minimum absolute atomic E-state index is 0.228. The molecule has 0 radical (unpaired) electrons. The second kappa shape index (κ2) is 6.65. The molecule has 2 atom stereocenters. The zero-order valence-corrected chi connectivity index (χ0v) is 12.8. The molecule has 1 aliphatic rings. The molecule has 0 aliphatic carbocycles. The highest BCUT2D eigenvalue weighted by Crippen LogP contribution is 2.27. The standard InChI is InChI=1S/C14H17BrFNO3/c1-2-12(14(18)19)17-5-6-20-13(8-17)9-3-4-11(16)10(15)7-9/h3-4,7,12-13H,2,5-6,8H2,1H3,(H,18,19). The second-order valence-electron chi connectivity index (χ2n) is 4.79. The van der Waals surface area contributed by atoms with E-state index in [-0.39, 0.29) is 11.9 Å². The van der Waals surface area contributed by atoms with Crippen LogP contribution in [-0.4, -0.2) is 41.7 Å². The maximum atomic E-state index is 13.3. The van der Waals surface area contributed by atoms with E-state index in [9.17, 15) is 14.3 Å². The fourth-order valence-electron chi connectivity index (χ4n) is 2.46. The molecule has 110 valence electrons. The Hall–Kier alpha value is -0.980. The van der Waals surface area contributed by atoms with Crippen LogP contribution in [0.4, 0.5) is 4.39 Å². The normalized spacial score (nSPS) is 21.6. The number of carbonyl (C=O) groups is 1. The molecule has 2 unspecified atom stereocenters. The first-order valence-corrected chi connectivity index (χ1v) is 7.35. The molecule has 0 amide bonds. The summed E-state index contributed by atoms with van der Waals surface area (Å²) in [6.07, 6.45) is 0.323. The summed E-state index contributed by atoms with van der Waals surface area (Å²) in [5.41, 5.74) is 0.850. The highest BCUT2D eigenvalue weighted by molar-refractivity contribution is 9.10. The van der Waals surface area contributed by atoms with Crippen molar-refractivity contribution in [3.05, 3.63) is 34.1 Å². The molecule has 4 nitrogen and oxygen atoms in total. The average molecular weight is 346 g/mol. The van der Waals surface area contributed by atoms with E-state index < -0.39 is 12.0 Å². The van der Waals surface area contributed by atoms with Crippen molar-refractivity contribution in [1.82, 2.24) is 4.90 Å². The van der Waals surface area contributed by atoms with Gasteiger partial charge >= 0.3 is 5.97 Å². The van der Waals surface area contributed by atoms with Crippen molar-refractivity contribution in [2.24, 2.45) is 0 Å². The van der Waals surface area contributed by atoms with Crippen LogP contribution in [0, 0.1) is 5.82 Å². The molecule has 0 spiro atoms. The molecule has 1 aromatic rings. The van der Waals surface area contributed by atoms with Gasteiger partial charge in [-0.2, -0.15) is 0 Å². The predicted molar refractivity (Wildman–Crippen MR) is 76.1 cm³/mol. The van der Waals surface area contributed by atoms with Crippen molar-refractivity contribution in [3.63, 3.8) is 0 Å². The minimum atomic E-state index is -0.812. The molecular formula is C14H17BrFNO3. The Kier molecular flexibility index (Phi) is 5.12. The van der Waals surface area contributed by atoms with Crippen LogP contribution >= 0.6 is 15.9 Å². The summed E-state index contributed by atoms with van der Waals surface area (Å²) >= 11 is 3.16. The molecule has 1 aromatic carbocycles. The Bertz CT molecular complexity index is 497. The first-order valence-electron chi connectivity index (χ1n) is 6.56. The van der Waals surface area contributed by atoms with Gasteiger partial charge < -0.3 is 9.84 Å². The summed E-state index contributed by atoms with van der Waals surface area (Å²) in [4.78, 5) is 13.1. The van der Waals surface area contributed by atoms with E-state index in [0.717, 1.165) is 5.56 Å². The van der Waals surface area contributed by atoms with Gasteiger partial charge in [0.05, 0.1) is 17.2 Å². The Balaban J connectivity index is 2.13. The van der Waals surface area contributed by atoms with Crippen LogP contribution in [0.5, 0.6) is 0 Å². The summed E-state index contributed by atoms with van der Waals surface area (Å²) in [5.74, 6) is -1.13. The van der Waals surface area contributed by atoms with Gasteiger partial charge in [0.1, 0.15) is 11.9 Å². The van der Waals surface area contributed by atoms with Gasteiger partial charge in [-0.05, 0) is 40.0 Å². The van der Waals surface area contributed by atoms with E-state index in [2.05, 4.69) is 15.9 Å². The number of benzene rings is 1. The largest absolute Gasteiger partial charge is 0.480 e. The molecule has 1 fully saturated rings. The zero-order chi connectivity index (χ0) is 14.7. The van der Waals surface area contributed by atoms with Crippen LogP contribution < -0.4 is 0 Å². The van der Waals surface area contributed by atoms with Gasteiger partial charge in [0, 0.05) is 13.1 Å². The summed E-state index contributed by atoms with van der Waals surface area (Å²) in [6, 6.07) is 4.25. The van der Waals surface area contributed by atoms with E-state index in [1.54, 1.807) is 12.1 Å². The lowest BCUT2D eigenvalue weighted by Crippen LogP contribution is -2.48.